The molecule has 0 fully saturated rings. The zero-order chi connectivity index (χ0) is 19.8. The number of rotatable bonds is 3. The highest BCUT2D eigenvalue weighted by Crippen LogP contribution is 2.28. The highest BCUT2D eigenvalue weighted by Gasteiger charge is 2.32. The topological polar surface area (TPSA) is 54.5 Å². The molecule has 0 radical (unpaired) electrons. The summed E-state index contributed by atoms with van der Waals surface area (Å²) < 4.78 is 24.7. The van der Waals surface area contributed by atoms with Gasteiger partial charge in [-0.3, -0.25) is 4.79 Å². The minimum atomic E-state index is -3.28. The fraction of sp³-hybridized carbons (Fsp3) is 0.286. The van der Waals surface area contributed by atoms with E-state index in [-0.39, 0.29) is 17.1 Å². The van der Waals surface area contributed by atoms with E-state index in [1.165, 1.54) is 5.41 Å². The van der Waals surface area contributed by atoms with Crippen LogP contribution in [0.4, 0.5) is 5.69 Å². The molecule has 1 aliphatic heterocycles. The van der Waals surface area contributed by atoms with E-state index in [1.54, 1.807) is 11.0 Å². The molecule has 142 valence electrons. The van der Waals surface area contributed by atoms with Crippen LogP contribution in [0.1, 0.15) is 36.7 Å². The Morgan fingerprint density at radius 2 is 1.63 bits per heavy atom. The summed E-state index contributed by atoms with van der Waals surface area (Å²) in [5.74, 6) is -0.320. The molecule has 2 aromatic rings. The number of sulfone groups is 1. The van der Waals surface area contributed by atoms with Gasteiger partial charge in [0.15, 0.2) is 9.84 Å². The van der Waals surface area contributed by atoms with Crippen molar-refractivity contribution in [1.82, 2.24) is 0 Å². The summed E-state index contributed by atoms with van der Waals surface area (Å²) in [4.78, 5) is 14.8. The van der Waals surface area contributed by atoms with Crippen molar-refractivity contribution in [2.24, 2.45) is 0 Å². The van der Waals surface area contributed by atoms with Gasteiger partial charge in [0.2, 0.25) is 0 Å². The van der Waals surface area contributed by atoms with Crippen LogP contribution in [0.3, 0.4) is 0 Å². The Balaban J connectivity index is 1.98. The van der Waals surface area contributed by atoms with E-state index in [0.717, 1.165) is 10.0 Å². The first-order valence-electron chi connectivity index (χ1n) is 8.67. The van der Waals surface area contributed by atoms with E-state index in [2.05, 4.69) is 36.7 Å². The van der Waals surface area contributed by atoms with Gasteiger partial charge in [0.25, 0.3) is 5.91 Å². The number of hydrogen-bond acceptors (Lipinski definition) is 3. The molecule has 1 unspecified atom stereocenters. The smallest absolute Gasteiger partial charge is 0.258 e. The van der Waals surface area contributed by atoms with Crippen molar-refractivity contribution >= 4 is 37.4 Å². The molecule has 1 atom stereocenters. The van der Waals surface area contributed by atoms with Gasteiger partial charge in [-0.05, 0) is 53.5 Å². The number of amides is 1. The van der Waals surface area contributed by atoms with E-state index < -0.39 is 15.9 Å². The Bertz CT molecular complexity index is 972. The van der Waals surface area contributed by atoms with Gasteiger partial charge in [-0.25, -0.2) is 8.42 Å². The average molecular weight is 448 g/mol. The molecule has 0 aromatic heterocycles. The van der Waals surface area contributed by atoms with Gasteiger partial charge in [0.1, 0.15) is 0 Å². The van der Waals surface area contributed by atoms with Crippen molar-refractivity contribution in [1.29, 1.82) is 0 Å². The zero-order valence-electron chi connectivity index (χ0n) is 15.5. The van der Waals surface area contributed by atoms with Gasteiger partial charge in [0.05, 0.1) is 11.8 Å². The molecule has 1 heterocycles. The summed E-state index contributed by atoms with van der Waals surface area (Å²) >= 11 is 3.39. The fourth-order valence-corrected chi connectivity index (χ4v) is 4.57. The van der Waals surface area contributed by atoms with Crippen LogP contribution in [-0.4, -0.2) is 26.1 Å². The Hall–Kier alpha value is -1.92. The molecule has 0 saturated heterocycles. The molecule has 0 aliphatic carbocycles. The average Bonchev–Trinajstić information content (AvgIpc) is 2.95. The molecule has 0 saturated carbocycles. The molecule has 27 heavy (non-hydrogen) atoms. The standard InChI is InChI=1S/C21H22BrNO3S/c1-21(2,3)16-6-4-15(5-7-16)20(24)23(18-10-8-17(22)9-11-18)19-12-13-27(25,26)14-19/h4-13,19H,14H2,1-3H3. The van der Waals surface area contributed by atoms with Crippen LogP contribution in [0.2, 0.25) is 0 Å². The van der Waals surface area contributed by atoms with Crippen LogP contribution >= 0.6 is 15.9 Å². The highest BCUT2D eigenvalue weighted by atomic mass is 79.9. The third kappa shape index (κ3) is 4.50. The maximum Gasteiger partial charge on any atom is 0.258 e. The van der Waals surface area contributed by atoms with E-state index in [4.69, 9.17) is 0 Å². The molecule has 1 aliphatic rings. The van der Waals surface area contributed by atoms with Crippen LogP contribution in [-0.2, 0) is 15.3 Å². The number of hydrogen-bond donors (Lipinski definition) is 0. The Morgan fingerprint density at radius 1 is 1.04 bits per heavy atom. The quantitative estimate of drug-likeness (QED) is 0.684. The predicted molar refractivity (Wildman–Crippen MR) is 113 cm³/mol. The molecule has 0 spiro atoms. The van der Waals surface area contributed by atoms with Crippen molar-refractivity contribution < 1.29 is 13.2 Å². The van der Waals surface area contributed by atoms with Crippen molar-refractivity contribution in [3.63, 3.8) is 0 Å². The summed E-state index contributed by atoms with van der Waals surface area (Å²) in [6.45, 7) is 6.35. The number of carbonyl (C=O) groups is 1. The van der Waals surface area contributed by atoms with Crippen LogP contribution in [0, 0.1) is 0 Å². The summed E-state index contributed by atoms with van der Waals surface area (Å²) in [6.07, 6.45) is 1.58. The zero-order valence-corrected chi connectivity index (χ0v) is 17.9. The first-order valence-corrected chi connectivity index (χ1v) is 11.2. The summed E-state index contributed by atoms with van der Waals surface area (Å²) in [7, 11) is -3.28. The lowest BCUT2D eigenvalue weighted by Gasteiger charge is -2.28. The molecule has 1 amide bonds. The molecule has 0 N–H and O–H groups in total. The largest absolute Gasteiger partial charge is 0.300 e. The van der Waals surface area contributed by atoms with Crippen molar-refractivity contribution in [2.75, 3.05) is 10.7 Å². The maximum atomic E-state index is 13.3. The van der Waals surface area contributed by atoms with Crippen molar-refractivity contribution in [3.05, 3.63) is 75.6 Å². The lowest BCUT2D eigenvalue weighted by molar-refractivity contribution is 0.0983. The first-order chi connectivity index (χ1) is 12.6. The number of carbonyl (C=O) groups excluding carboxylic acids is 1. The molecule has 3 rings (SSSR count). The van der Waals surface area contributed by atoms with Crippen LogP contribution in [0.25, 0.3) is 0 Å². The molecule has 6 heteroatoms. The Morgan fingerprint density at radius 3 is 2.11 bits per heavy atom. The Kier molecular flexibility index (Phi) is 5.32. The second kappa shape index (κ2) is 7.24. The lowest BCUT2D eigenvalue weighted by Crippen LogP contribution is -2.41. The Labute approximate surface area is 168 Å². The number of benzene rings is 2. The first kappa shape index (κ1) is 19.8. The molecule has 4 nitrogen and oxygen atoms in total. The molecular formula is C21H22BrNO3S. The van der Waals surface area contributed by atoms with Crippen molar-refractivity contribution in [2.45, 2.75) is 32.2 Å². The second-order valence-electron chi connectivity index (χ2n) is 7.70. The second-order valence-corrected chi connectivity index (χ2v) is 10.6. The predicted octanol–water partition coefficient (Wildman–Crippen LogP) is 4.70. The molecule has 2 aromatic carbocycles. The van der Waals surface area contributed by atoms with Gasteiger partial charge in [0, 0.05) is 21.1 Å². The third-order valence-electron chi connectivity index (χ3n) is 4.56. The molecular weight excluding hydrogens is 426 g/mol. The lowest BCUT2D eigenvalue weighted by atomic mass is 9.86. The number of anilines is 1. The van der Waals surface area contributed by atoms with Crippen LogP contribution in [0.15, 0.2) is 64.5 Å². The monoisotopic (exact) mass is 447 g/mol. The molecule has 0 bridgehead atoms. The van der Waals surface area contributed by atoms with Gasteiger partial charge < -0.3 is 4.90 Å². The summed E-state index contributed by atoms with van der Waals surface area (Å²) in [6, 6.07) is 14.3. The fourth-order valence-electron chi connectivity index (χ4n) is 3.03. The maximum absolute atomic E-state index is 13.3. The minimum Gasteiger partial charge on any atom is -0.300 e. The van der Waals surface area contributed by atoms with E-state index in [1.807, 2.05) is 48.5 Å². The van der Waals surface area contributed by atoms with E-state index >= 15 is 0 Å². The SMILES string of the molecule is CC(C)(C)c1ccc(C(=O)N(c2ccc(Br)cc2)C2C=CS(=O)(=O)C2)cc1. The van der Waals surface area contributed by atoms with E-state index in [0.29, 0.717) is 11.3 Å². The number of halogens is 1. The summed E-state index contributed by atoms with van der Waals surface area (Å²) in [5, 5.41) is 1.19. The summed E-state index contributed by atoms with van der Waals surface area (Å²) in [5.41, 5.74) is 2.32. The highest BCUT2D eigenvalue weighted by molar-refractivity contribution is 9.10. The van der Waals surface area contributed by atoms with Gasteiger partial charge in [-0.1, -0.05) is 48.8 Å². The normalized spacial score (nSPS) is 18.4. The van der Waals surface area contributed by atoms with Gasteiger partial charge in [-0.15, -0.1) is 0 Å². The third-order valence-corrected chi connectivity index (χ3v) is 6.47. The van der Waals surface area contributed by atoms with E-state index in [9.17, 15) is 13.2 Å². The van der Waals surface area contributed by atoms with Gasteiger partial charge in [-0.2, -0.15) is 0 Å². The number of nitrogens with zero attached hydrogens (tertiary/aromatic N) is 1. The minimum absolute atomic E-state index is 0.00472. The van der Waals surface area contributed by atoms with Gasteiger partial charge >= 0.3 is 0 Å². The van der Waals surface area contributed by atoms with Crippen LogP contribution < -0.4 is 4.90 Å². The van der Waals surface area contributed by atoms with Crippen LogP contribution in [0.5, 0.6) is 0 Å². The van der Waals surface area contributed by atoms with Crippen molar-refractivity contribution in [3.8, 4) is 0 Å².